The van der Waals surface area contributed by atoms with Gasteiger partial charge in [0.1, 0.15) is 11.4 Å². The van der Waals surface area contributed by atoms with E-state index < -0.39 is 35.5 Å². The molecule has 1 amide bonds. The summed E-state index contributed by atoms with van der Waals surface area (Å²) in [7, 11) is -4.15. The average molecular weight is 500 g/mol. The number of hydrogen-bond donors (Lipinski definition) is 1. The number of aliphatic hydroxyl groups is 1. The van der Waals surface area contributed by atoms with Gasteiger partial charge >= 0.3 is 0 Å². The maximum Gasteiger partial charge on any atom is 0.286 e. The van der Waals surface area contributed by atoms with Gasteiger partial charge in [0.25, 0.3) is 16.4 Å². The van der Waals surface area contributed by atoms with Crippen LogP contribution in [0.15, 0.2) is 41.6 Å². The molecular weight excluding hydrogens is 480 g/mol. The number of carbonyl (C=O) groups is 1. The molecule has 0 saturated heterocycles. The van der Waals surface area contributed by atoms with Crippen molar-refractivity contribution in [2.75, 3.05) is 6.61 Å². The van der Waals surface area contributed by atoms with Crippen molar-refractivity contribution in [2.45, 2.75) is 43.8 Å². The van der Waals surface area contributed by atoms with E-state index in [0.29, 0.717) is 21.8 Å². The first-order valence-corrected chi connectivity index (χ1v) is 11.7. The summed E-state index contributed by atoms with van der Waals surface area (Å²) in [5.74, 6) is -1.22. The molecule has 0 spiro atoms. The summed E-state index contributed by atoms with van der Waals surface area (Å²) < 4.78 is 53.0. The van der Waals surface area contributed by atoms with E-state index in [-0.39, 0.29) is 29.6 Å². The zero-order valence-corrected chi connectivity index (χ0v) is 19.0. The van der Waals surface area contributed by atoms with Crippen molar-refractivity contribution >= 4 is 27.5 Å². The molecule has 9 nitrogen and oxygen atoms in total. The van der Waals surface area contributed by atoms with Crippen LogP contribution in [0.5, 0.6) is 0 Å². The van der Waals surface area contributed by atoms with Gasteiger partial charge in [-0.25, -0.2) is 8.78 Å². The third kappa shape index (κ3) is 4.25. The Bertz CT molecular complexity index is 1280. The molecule has 3 aromatic rings. The number of benzene rings is 1. The van der Waals surface area contributed by atoms with Gasteiger partial charge in [-0.15, -0.1) is 0 Å². The lowest BCUT2D eigenvalue weighted by Crippen LogP contribution is -2.33. The summed E-state index contributed by atoms with van der Waals surface area (Å²) in [5, 5.41) is 18.0. The summed E-state index contributed by atoms with van der Waals surface area (Å²) >= 11 is 6.18. The smallest absolute Gasteiger partial charge is 0.286 e. The predicted molar refractivity (Wildman–Crippen MR) is 113 cm³/mol. The Labute approximate surface area is 193 Å². The highest BCUT2D eigenvalue weighted by molar-refractivity contribution is 7.89. The van der Waals surface area contributed by atoms with E-state index in [0.717, 1.165) is 15.0 Å². The van der Waals surface area contributed by atoms with E-state index in [9.17, 15) is 27.1 Å². The highest BCUT2D eigenvalue weighted by Crippen LogP contribution is 2.30. The fraction of sp³-hybridized carbons (Fsp3) is 0.350. The normalized spacial score (nSPS) is 14.7. The van der Waals surface area contributed by atoms with Crippen LogP contribution in [0.25, 0.3) is 0 Å². The maximum atomic E-state index is 13.0. The number of nitrogens with zero attached hydrogens (tertiary/aromatic N) is 5. The van der Waals surface area contributed by atoms with Crippen LogP contribution in [-0.2, 0) is 34.5 Å². The quantitative estimate of drug-likeness (QED) is 0.533. The molecule has 1 N–H and O–H groups in total. The minimum absolute atomic E-state index is 0.0568. The topological polar surface area (TPSA) is 110 Å². The van der Waals surface area contributed by atoms with Gasteiger partial charge in [0.15, 0.2) is 0 Å². The van der Waals surface area contributed by atoms with Crippen LogP contribution in [0.3, 0.4) is 0 Å². The Morgan fingerprint density at radius 3 is 2.64 bits per heavy atom. The van der Waals surface area contributed by atoms with Crippen molar-refractivity contribution in [2.24, 2.45) is 0 Å². The first-order valence-electron chi connectivity index (χ1n) is 9.91. The van der Waals surface area contributed by atoms with E-state index in [1.54, 1.807) is 24.3 Å². The van der Waals surface area contributed by atoms with Gasteiger partial charge in [-0.3, -0.25) is 9.48 Å². The number of fused-ring (bicyclic) bond motifs is 1. The molecule has 4 rings (SSSR count). The van der Waals surface area contributed by atoms with Gasteiger partial charge in [0.05, 0.1) is 36.7 Å². The number of amides is 1. The highest BCUT2D eigenvalue weighted by atomic mass is 35.5. The lowest BCUT2D eigenvalue weighted by atomic mass is 9.98. The van der Waals surface area contributed by atoms with Crippen LogP contribution < -0.4 is 0 Å². The molecular formula is C20H20ClF2N5O4S. The van der Waals surface area contributed by atoms with Crippen molar-refractivity contribution in [3.8, 4) is 0 Å². The van der Waals surface area contributed by atoms with Gasteiger partial charge in [0, 0.05) is 23.3 Å². The van der Waals surface area contributed by atoms with Crippen molar-refractivity contribution in [3.05, 3.63) is 64.2 Å². The zero-order valence-electron chi connectivity index (χ0n) is 17.4. The average Bonchev–Trinajstić information content (AvgIpc) is 3.44. The van der Waals surface area contributed by atoms with Crippen molar-refractivity contribution < 1.29 is 27.1 Å². The number of rotatable bonds is 7. The Balaban J connectivity index is 1.54. The number of hydrogen-bond acceptors (Lipinski definition) is 6. The Hall–Kier alpha value is -2.83. The van der Waals surface area contributed by atoms with Crippen molar-refractivity contribution in [1.82, 2.24) is 23.9 Å². The van der Waals surface area contributed by atoms with Crippen LogP contribution in [0.1, 0.15) is 28.4 Å². The summed E-state index contributed by atoms with van der Waals surface area (Å²) in [6, 6.07) is 6.74. The maximum absolute atomic E-state index is 13.0. The minimum Gasteiger partial charge on any atom is -0.395 e. The highest BCUT2D eigenvalue weighted by Gasteiger charge is 2.34. The summed E-state index contributed by atoms with van der Waals surface area (Å²) in [6.07, 6.45) is -0.360. The van der Waals surface area contributed by atoms with E-state index in [2.05, 4.69) is 10.2 Å². The molecule has 33 heavy (non-hydrogen) atoms. The zero-order chi connectivity index (χ0) is 23.9. The molecule has 1 aliphatic rings. The van der Waals surface area contributed by atoms with Crippen LogP contribution in [-0.4, -0.2) is 56.3 Å². The van der Waals surface area contributed by atoms with Gasteiger partial charge in [0.2, 0.25) is 5.91 Å². The molecule has 3 heterocycles. The Kier molecular flexibility index (Phi) is 6.25. The molecule has 1 aliphatic heterocycles. The molecule has 0 unspecified atom stereocenters. The molecule has 1 aromatic carbocycles. The lowest BCUT2D eigenvalue weighted by Gasteiger charge is -2.22. The second-order valence-electron chi connectivity index (χ2n) is 7.60. The molecule has 0 radical (unpaired) electrons. The fourth-order valence-electron chi connectivity index (χ4n) is 3.79. The molecule has 1 atom stereocenters. The Morgan fingerprint density at radius 1 is 1.27 bits per heavy atom. The molecule has 2 aromatic heterocycles. The van der Waals surface area contributed by atoms with E-state index in [4.69, 9.17) is 11.6 Å². The van der Waals surface area contributed by atoms with Gasteiger partial charge in [-0.05, 0) is 18.6 Å². The molecule has 0 fully saturated rings. The molecule has 0 saturated carbocycles. The minimum atomic E-state index is -4.15. The lowest BCUT2D eigenvalue weighted by molar-refractivity contribution is -0.134. The van der Waals surface area contributed by atoms with Crippen LogP contribution in [0.4, 0.5) is 8.78 Å². The monoisotopic (exact) mass is 499 g/mol. The van der Waals surface area contributed by atoms with E-state index >= 15 is 0 Å². The summed E-state index contributed by atoms with van der Waals surface area (Å²) in [6.45, 7) is 0.400. The molecule has 176 valence electrons. The van der Waals surface area contributed by atoms with E-state index in [1.807, 2.05) is 0 Å². The third-order valence-electron chi connectivity index (χ3n) is 5.52. The molecule has 13 heteroatoms. The standard InChI is InChI=1S/C20H20ClF2N5O4S/c1-12-18(6-24-27(12)10-19(22)23)33(31,32)28-8-13-7-26(9-17(13)25-28)20(30)15(11-29)14-4-2-3-5-16(14)21/h2-6,8,15,19,29H,7,9-11H2,1H3/t15-/m1/s1. The van der Waals surface area contributed by atoms with Gasteiger partial charge < -0.3 is 10.0 Å². The first kappa shape index (κ1) is 23.3. The van der Waals surface area contributed by atoms with E-state index in [1.165, 1.54) is 18.0 Å². The number of carbonyl (C=O) groups excluding carboxylic acids is 1. The number of halogens is 3. The third-order valence-corrected chi connectivity index (χ3v) is 7.50. The second-order valence-corrected chi connectivity index (χ2v) is 9.77. The number of alkyl halides is 2. The SMILES string of the molecule is Cc1c(S(=O)(=O)n2cc3c(n2)CN(C(=O)[C@H](CO)c2ccccc2Cl)C3)cnn1CC(F)F. The van der Waals surface area contributed by atoms with Gasteiger partial charge in [-0.1, -0.05) is 29.8 Å². The van der Waals surface area contributed by atoms with Gasteiger partial charge in [-0.2, -0.15) is 22.7 Å². The summed E-state index contributed by atoms with van der Waals surface area (Å²) in [5.41, 5.74) is 1.49. The van der Waals surface area contributed by atoms with Crippen molar-refractivity contribution in [3.63, 3.8) is 0 Å². The number of aromatic nitrogens is 4. The molecule has 0 aliphatic carbocycles. The first-order chi connectivity index (χ1) is 15.6. The predicted octanol–water partition coefficient (Wildman–Crippen LogP) is 2.16. The van der Waals surface area contributed by atoms with Crippen molar-refractivity contribution in [1.29, 1.82) is 0 Å². The summed E-state index contributed by atoms with van der Waals surface area (Å²) in [4.78, 5) is 14.3. The number of aliphatic hydroxyl groups excluding tert-OH is 1. The second kappa shape index (κ2) is 8.84. The van der Waals surface area contributed by atoms with Crippen LogP contribution in [0, 0.1) is 6.92 Å². The largest absolute Gasteiger partial charge is 0.395 e. The van der Waals surface area contributed by atoms with Crippen LogP contribution in [0.2, 0.25) is 5.02 Å². The van der Waals surface area contributed by atoms with Crippen LogP contribution >= 0.6 is 11.6 Å². The molecule has 0 bridgehead atoms. The Morgan fingerprint density at radius 2 is 2.00 bits per heavy atom. The fourth-order valence-corrected chi connectivity index (χ4v) is 5.39.